The molecule has 2 rings (SSSR count). The summed E-state index contributed by atoms with van der Waals surface area (Å²) in [5, 5.41) is 0.244. The highest BCUT2D eigenvalue weighted by atomic mass is 35.5. The Bertz CT molecular complexity index is 496. The van der Waals surface area contributed by atoms with E-state index < -0.39 is 12.7 Å². The maximum Gasteiger partial charge on any atom is 0.401 e. The van der Waals surface area contributed by atoms with Gasteiger partial charge in [-0.1, -0.05) is 18.5 Å². The van der Waals surface area contributed by atoms with Gasteiger partial charge in [-0.25, -0.2) is 9.97 Å². The standard InChI is InChI=1S/C12H17ClF3N5/c1-8-4-20(6-12(14,15)16)2-3-21(5-8)11-9(13)10(17)18-7-19-11/h7-8H,2-6H2,1H3,(H2,17,18,19). The maximum absolute atomic E-state index is 12.5. The van der Waals surface area contributed by atoms with E-state index in [0.29, 0.717) is 32.0 Å². The van der Waals surface area contributed by atoms with Gasteiger partial charge in [-0.05, 0) is 5.92 Å². The molecule has 2 N–H and O–H groups in total. The van der Waals surface area contributed by atoms with Crippen molar-refractivity contribution in [3.05, 3.63) is 11.3 Å². The van der Waals surface area contributed by atoms with Crippen LogP contribution in [0.15, 0.2) is 6.33 Å². The Morgan fingerprint density at radius 3 is 2.71 bits per heavy atom. The van der Waals surface area contributed by atoms with Gasteiger partial charge in [0.15, 0.2) is 5.82 Å². The van der Waals surface area contributed by atoms with Crippen molar-refractivity contribution in [3.63, 3.8) is 0 Å². The molecule has 2 heterocycles. The molecule has 1 aliphatic rings. The Morgan fingerprint density at radius 2 is 2.05 bits per heavy atom. The van der Waals surface area contributed by atoms with Crippen LogP contribution in [0.5, 0.6) is 0 Å². The van der Waals surface area contributed by atoms with Crippen molar-refractivity contribution < 1.29 is 13.2 Å². The number of nitrogen functional groups attached to an aromatic ring is 1. The second kappa shape index (κ2) is 6.23. The van der Waals surface area contributed by atoms with Crippen LogP contribution in [0.3, 0.4) is 0 Å². The van der Waals surface area contributed by atoms with E-state index in [1.165, 1.54) is 11.2 Å². The van der Waals surface area contributed by atoms with Crippen LogP contribution >= 0.6 is 11.6 Å². The molecule has 0 aromatic carbocycles. The molecule has 1 aliphatic heterocycles. The molecule has 0 spiro atoms. The van der Waals surface area contributed by atoms with Crippen LogP contribution in [0, 0.1) is 5.92 Å². The number of aromatic nitrogens is 2. The molecule has 0 aliphatic carbocycles. The van der Waals surface area contributed by atoms with Gasteiger partial charge < -0.3 is 10.6 Å². The fourth-order valence-electron chi connectivity index (χ4n) is 2.50. The van der Waals surface area contributed by atoms with E-state index in [0.717, 1.165) is 0 Å². The highest BCUT2D eigenvalue weighted by molar-refractivity contribution is 6.35. The third-order valence-corrected chi connectivity index (χ3v) is 3.65. The molecule has 9 heteroatoms. The number of anilines is 2. The lowest BCUT2D eigenvalue weighted by Crippen LogP contribution is -2.38. The summed E-state index contributed by atoms with van der Waals surface area (Å²) < 4.78 is 37.6. The maximum atomic E-state index is 12.5. The average Bonchev–Trinajstić information content (AvgIpc) is 2.52. The first-order chi connectivity index (χ1) is 9.76. The fraction of sp³-hybridized carbons (Fsp3) is 0.667. The third kappa shape index (κ3) is 4.34. The van der Waals surface area contributed by atoms with E-state index in [4.69, 9.17) is 17.3 Å². The van der Waals surface area contributed by atoms with Crippen LogP contribution in [0.1, 0.15) is 6.92 Å². The Hall–Kier alpha value is -1.28. The molecule has 1 aromatic rings. The Balaban J connectivity index is 2.12. The van der Waals surface area contributed by atoms with Gasteiger partial charge in [-0.15, -0.1) is 0 Å². The van der Waals surface area contributed by atoms with Crippen molar-refractivity contribution >= 4 is 23.2 Å². The smallest absolute Gasteiger partial charge is 0.382 e. The monoisotopic (exact) mass is 323 g/mol. The zero-order chi connectivity index (χ0) is 15.6. The SMILES string of the molecule is CC1CN(CC(F)(F)F)CCN(c2ncnc(N)c2Cl)C1. The Kier molecular flexibility index (Phi) is 4.77. The van der Waals surface area contributed by atoms with Gasteiger partial charge in [0.2, 0.25) is 0 Å². The fourth-order valence-corrected chi connectivity index (χ4v) is 2.72. The summed E-state index contributed by atoms with van der Waals surface area (Å²) in [5.74, 6) is 0.706. The quantitative estimate of drug-likeness (QED) is 0.902. The minimum absolute atomic E-state index is 0.0575. The number of alkyl halides is 3. The van der Waals surface area contributed by atoms with E-state index in [1.54, 1.807) is 0 Å². The van der Waals surface area contributed by atoms with Crippen molar-refractivity contribution in [2.45, 2.75) is 13.1 Å². The van der Waals surface area contributed by atoms with Gasteiger partial charge >= 0.3 is 6.18 Å². The topological polar surface area (TPSA) is 58.3 Å². The van der Waals surface area contributed by atoms with Crippen molar-refractivity contribution in [2.75, 3.05) is 43.4 Å². The van der Waals surface area contributed by atoms with Gasteiger partial charge in [0.05, 0.1) is 6.54 Å². The average molecular weight is 324 g/mol. The molecule has 118 valence electrons. The number of nitrogens with two attached hydrogens (primary N) is 1. The summed E-state index contributed by atoms with van der Waals surface area (Å²) >= 11 is 6.09. The summed E-state index contributed by atoms with van der Waals surface area (Å²) in [6.45, 7) is 2.67. The molecule has 0 radical (unpaired) electrons. The van der Waals surface area contributed by atoms with E-state index in [2.05, 4.69) is 9.97 Å². The minimum atomic E-state index is -4.19. The first-order valence-corrected chi connectivity index (χ1v) is 6.94. The van der Waals surface area contributed by atoms with Gasteiger partial charge in [-0.2, -0.15) is 13.2 Å². The van der Waals surface area contributed by atoms with Crippen molar-refractivity contribution in [1.82, 2.24) is 14.9 Å². The van der Waals surface area contributed by atoms with Gasteiger partial charge in [-0.3, -0.25) is 4.90 Å². The zero-order valence-electron chi connectivity index (χ0n) is 11.6. The second-order valence-electron chi connectivity index (χ2n) is 5.30. The molecule has 1 aromatic heterocycles. The zero-order valence-corrected chi connectivity index (χ0v) is 12.3. The van der Waals surface area contributed by atoms with Crippen LogP contribution in [0.25, 0.3) is 0 Å². The Labute approximate surface area is 125 Å². The molecule has 0 amide bonds. The van der Waals surface area contributed by atoms with Crippen LogP contribution in [-0.4, -0.2) is 53.8 Å². The summed E-state index contributed by atoms with van der Waals surface area (Å²) in [7, 11) is 0. The van der Waals surface area contributed by atoms with E-state index in [9.17, 15) is 13.2 Å². The van der Waals surface area contributed by atoms with E-state index in [1.807, 2.05) is 11.8 Å². The first-order valence-electron chi connectivity index (χ1n) is 6.56. The van der Waals surface area contributed by atoms with Crippen molar-refractivity contribution in [1.29, 1.82) is 0 Å². The molecule has 1 unspecified atom stereocenters. The van der Waals surface area contributed by atoms with Crippen LogP contribution in [0.4, 0.5) is 24.8 Å². The number of rotatable bonds is 2. The molecule has 0 saturated carbocycles. The van der Waals surface area contributed by atoms with E-state index in [-0.39, 0.29) is 16.8 Å². The molecule has 21 heavy (non-hydrogen) atoms. The highest BCUT2D eigenvalue weighted by Crippen LogP contribution is 2.28. The van der Waals surface area contributed by atoms with Gasteiger partial charge in [0.1, 0.15) is 17.2 Å². The second-order valence-corrected chi connectivity index (χ2v) is 5.68. The molecular weight excluding hydrogens is 307 g/mol. The van der Waals surface area contributed by atoms with Crippen molar-refractivity contribution in [2.24, 2.45) is 5.92 Å². The summed E-state index contributed by atoms with van der Waals surface area (Å²) in [5.41, 5.74) is 5.64. The number of hydrogen-bond acceptors (Lipinski definition) is 5. The summed E-state index contributed by atoms with van der Waals surface area (Å²) in [4.78, 5) is 11.2. The number of hydrogen-bond donors (Lipinski definition) is 1. The summed E-state index contributed by atoms with van der Waals surface area (Å²) in [6, 6.07) is 0. The first kappa shape index (κ1) is 16.1. The van der Waals surface area contributed by atoms with Crippen LogP contribution < -0.4 is 10.6 Å². The third-order valence-electron chi connectivity index (χ3n) is 3.29. The lowest BCUT2D eigenvalue weighted by atomic mass is 10.1. The lowest BCUT2D eigenvalue weighted by molar-refractivity contribution is -0.146. The predicted octanol–water partition coefficient (Wildman–Crippen LogP) is 2.03. The molecule has 1 fully saturated rings. The molecule has 5 nitrogen and oxygen atoms in total. The van der Waals surface area contributed by atoms with Crippen LogP contribution in [-0.2, 0) is 0 Å². The number of nitrogens with zero attached hydrogens (tertiary/aromatic N) is 4. The number of halogens is 4. The normalized spacial score (nSPS) is 21.4. The van der Waals surface area contributed by atoms with E-state index >= 15 is 0 Å². The molecule has 1 atom stereocenters. The predicted molar refractivity (Wildman–Crippen MR) is 75.3 cm³/mol. The summed E-state index contributed by atoms with van der Waals surface area (Å²) in [6.07, 6.45) is -2.88. The van der Waals surface area contributed by atoms with Crippen molar-refractivity contribution in [3.8, 4) is 0 Å². The van der Waals surface area contributed by atoms with Crippen LogP contribution in [0.2, 0.25) is 5.02 Å². The Morgan fingerprint density at radius 1 is 1.33 bits per heavy atom. The largest absolute Gasteiger partial charge is 0.401 e. The molecule has 1 saturated heterocycles. The van der Waals surface area contributed by atoms with Gasteiger partial charge in [0, 0.05) is 26.2 Å². The lowest BCUT2D eigenvalue weighted by Gasteiger charge is -2.24. The molecular formula is C12H17ClF3N5. The van der Waals surface area contributed by atoms with Gasteiger partial charge in [0.25, 0.3) is 0 Å². The minimum Gasteiger partial charge on any atom is -0.382 e. The molecule has 0 bridgehead atoms. The highest BCUT2D eigenvalue weighted by Gasteiger charge is 2.33.